The molecule has 2 aliphatic rings. The molecule has 5 nitrogen and oxygen atoms in total. The van der Waals surface area contributed by atoms with Gasteiger partial charge in [-0.3, -0.25) is 9.63 Å². The summed E-state index contributed by atoms with van der Waals surface area (Å²) >= 11 is 0. The van der Waals surface area contributed by atoms with Crippen molar-refractivity contribution < 1.29 is 49.8 Å². The molecule has 1 unspecified atom stereocenters. The van der Waals surface area contributed by atoms with Crippen molar-refractivity contribution in [3.8, 4) is 0 Å². The zero-order valence-electron chi connectivity index (χ0n) is 22.4. The number of ether oxygens (including phenoxy) is 1. The van der Waals surface area contributed by atoms with Gasteiger partial charge in [-0.25, -0.2) is 4.39 Å². The molecule has 5 rings (SSSR count). The number of carbonyl (C=O) groups excluding carboxylic acids is 1. The number of carbonyl (C=O) groups is 1. The Labute approximate surface area is 236 Å². The highest BCUT2D eigenvalue weighted by Crippen LogP contribution is 2.45. The maximum absolute atomic E-state index is 13.8. The Morgan fingerprint density at radius 1 is 0.929 bits per heavy atom. The molecule has 42 heavy (non-hydrogen) atoms. The smallest absolute Gasteiger partial charge is 0.368 e. The van der Waals surface area contributed by atoms with E-state index < -0.39 is 53.5 Å². The number of pyridine rings is 1. The van der Waals surface area contributed by atoms with Gasteiger partial charge in [-0.1, -0.05) is 12.1 Å². The van der Waals surface area contributed by atoms with Crippen molar-refractivity contribution in [2.45, 2.75) is 49.9 Å². The van der Waals surface area contributed by atoms with Crippen molar-refractivity contribution in [3.63, 3.8) is 0 Å². The fraction of sp³-hybridized carbons (Fsp3) is 0.333. The van der Waals surface area contributed by atoms with E-state index in [9.17, 15) is 35.5 Å². The second kappa shape index (κ2) is 11.0. The summed E-state index contributed by atoms with van der Waals surface area (Å²) in [5, 5.41) is 0. The molecular formula is C30H26F7N2O3+. The monoisotopic (exact) mass is 595 g/mol. The van der Waals surface area contributed by atoms with Gasteiger partial charge in [-0.15, -0.1) is 0 Å². The molecule has 0 spiro atoms. The Morgan fingerprint density at radius 2 is 1.52 bits per heavy atom. The number of nitrogens with zero attached hydrogens (tertiary/aromatic N) is 2. The van der Waals surface area contributed by atoms with Gasteiger partial charge in [-0.2, -0.15) is 26.3 Å². The van der Waals surface area contributed by atoms with E-state index in [4.69, 9.17) is 9.57 Å². The summed E-state index contributed by atoms with van der Waals surface area (Å²) in [6.45, 7) is 1.42. The van der Waals surface area contributed by atoms with Crippen LogP contribution >= 0.6 is 0 Å². The van der Waals surface area contributed by atoms with Crippen LogP contribution in [0.3, 0.4) is 0 Å². The number of hydrogen-bond acceptors (Lipinski definition) is 3. The van der Waals surface area contributed by atoms with Crippen LogP contribution in [0.2, 0.25) is 0 Å². The summed E-state index contributed by atoms with van der Waals surface area (Å²) in [6.07, 6.45) is -6.76. The van der Waals surface area contributed by atoms with Crippen molar-refractivity contribution in [1.29, 1.82) is 0 Å². The maximum Gasteiger partial charge on any atom is 0.416 e. The lowest BCUT2D eigenvalue weighted by Gasteiger charge is -2.32. The van der Waals surface area contributed by atoms with Crippen LogP contribution in [0.15, 0.2) is 73.1 Å². The summed E-state index contributed by atoms with van der Waals surface area (Å²) in [6, 6.07) is 10.0. The predicted octanol–water partition coefficient (Wildman–Crippen LogP) is 6.14. The van der Waals surface area contributed by atoms with Gasteiger partial charge in [0.2, 0.25) is 18.3 Å². The molecule has 0 N–H and O–H groups in total. The van der Waals surface area contributed by atoms with Gasteiger partial charge >= 0.3 is 12.4 Å². The number of hydrogen-bond donors (Lipinski definition) is 0. The zero-order valence-corrected chi connectivity index (χ0v) is 22.4. The van der Waals surface area contributed by atoms with Gasteiger partial charge in [-0.05, 0) is 65.9 Å². The van der Waals surface area contributed by atoms with Crippen molar-refractivity contribution in [2.75, 3.05) is 13.7 Å². The Balaban J connectivity index is 1.48. The lowest BCUT2D eigenvalue weighted by atomic mass is 9.83. The minimum absolute atomic E-state index is 0.0449. The van der Waals surface area contributed by atoms with E-state index in [1.807, 2.05) is 0 Å². The molecule has 1 saturated heterocycles. The Bertz CT molecular complexity index is 1450. The SMILES string of the molecule is CO[n+]1ccc(C2=CC(=O)N3C[C@H](O[C@H](C)c4cc(C(F)(F)F)cc(C(F)(F)F)c4)[C@@H](c4ccc(F)cc4)C3C2)cc1. The van der Waals surface area contributed by atoms with Gasteiger partial charge in [0.15, 0.2) is 0 Å². The fourth-order valence-electron chi connectivity index (χ4n) is 5.64. The number of halogens is 7. The van der Waals surface area contributed by atoms with E-state index in [1.54, 1.807) is 41.6 Å². The molecule has 4 atom stereocenters. The summed E-state index contributed by atoms with van der Waals surface area (Å²) in [7, 11) is 1.50. The molecule has 0 bridgehead atoms. The van der Waals surface area contributed by atoms with E-state index in [1.165, 1.54) is 37.0 Å². The zero-order chi connectivity index (χ0) is 30.4. The summed E-state index contributed by atoms with van der Waals surface area (Å²) in [5.41, 5.74) is -1.05. The van der Waals surface area contributed by atoms with Crippen LogP contribution in [-0.4, -0.2) is 36.6 Å². The number of aromatic nitrogens is 1. The van der Waals surface area contributed by atoms with Crippen molar-refractivity contribution in [3.05, 3.63) is 107 Å². The molecule has 2 aromatic carbocycles. The molecular weight excluding hydrogens is 569 g/mol. The molecule has 3 aromatic rings. The molecule has 222 valence electrons. The maximum atomic E-state index is 13.8. The first-order valence-electron chi connectivity index (χ1n) is 13.0. The highest BCUT2D eigenvalue weighted by Gasteiger charge is 2.48. The summed E-state index contributed by atoms with van der Waals surface area (Å²) in [4.78, 5) is 20.0. The van der Waals surface area contributed by atoms with Crippen molar-refractivity contribution >= 4 is 11.5 Å². The average Bonchev–Trinajstić information content (AvgIpc) is 3.30. The first kappa shape index (κ1) is 29.6. The number of benzene rings is 2. The average molecular weight is 596 g/mol. The van der Waals surface area contributed by atoms with Gasteiger partial charge in [0.25, 0.3) is 0 Å². The van der Waals surface area contributed by atoms with Crippen LogP contribution in [0.5, 0.6) is 0 Å². The highest BCUT2D eigenvalue weighted by atomic mass is 19.4. The third kappa shape index (κ3) is 5.99. The standard InChI is InChI=1S/C30H26F7N2O3/c1-17(20-11-22(29(32,33)34)15-23(12-20)30(35,36)37)42-26-16-39-25(28(26)19-3-5-24(31)6-4-19)13-21(14-27(39)40)18-7-9-38(41-2)10-8-18/h3-12,14-15,17,25-26,28H,13,16H2,1-2H3/q+1/t17-,25?,26+,28+/m1/s1. The van der Waals surface area contributed by atoms with E-state index in [0.717, 1.165) is 11.1 Å². The molecule has 12 heteroatoms. The van der Waals surface area contributed by atoms with E-state index in [2.05, 4.69) is 0 Å². The summed E-state index contributed by atoms with van der Waals surface area (Å²) in [5.74, 6) is -1.34. The Morgan fingerprint density at radius 3 is 2.07 bits per heavy atom. The van der Waals surface area contributed by atoms with Gasteiger partial charge in [0.1, 0.15) is 12.9 Å². The minimum Gasteiger partial charge on any atom is -0.368 e. The van der Waals surface area contributed by atoms with Crippen LogP contribution in [0.1, 0.15) is 53.2 Å². The van der Waals surface area contributed by atoms with Gasteiger partial charge in [0, 0.05) is 41.4 Å². The van der Waals surface area contributed by atoms with Crippen molar-refractivity contribution in [1.82, 2.24) is 4.90 Å². The number of rotatable bonds is 6. The van der Waals surface area contributed by atoms with E-state index >= 15 is 0 Å². The molecule has 1 amide bonds. The Kier molecular flexibility index (Phi) is 7.78. The summed E-state index contributed by atoms with van der Waals surface area (Å²) < 4.78 is 102. The molecule has 1 aromatic heterocycles. The molecule has 0 aliphatic carbocycles. The van der Waals surface area contributed by atoms with Crippen LogP contribution in [0.25, 0.3) is 5.57 Å². The third-order valence-corrected chi connectivity index (χ3v) is 7.70. The number of amides is 1. The number of fused-ring (bicyclic) bond motifs is 1. The van der Waals surface area contributed by atoms with Gasteiger partial charge in [0.05, 0.1) is 23.3 Å². The molecule has 2 aliphatic heterocycles. The van der Waals surface area contributed by atoms with Crippen LogP contribution in [0.4, 0.5) is 30.7 Å². The van der Waals surface area contributed by atoms with Crippen molar-refractivity contribution in [2.24, 2.45) is 0 Å². The lowest BCUT2D eigenvalue weighted by Crippen LogP contribution is -2.40. The molecule has 3 heterocycles. The second-order valence-corrected chi connectivity index (χ2v) is 10.3. The van der Waals surface area contributed by atoms with E-state index in [-0.39, 0.29) is 24.1 Å². The van der Waals surface area contributed by atoms with Crippen LogP contribution in [-0.2, 0) is 21.9 Å². The quantitative estimate of drug-likeness (QED) is 0.254. The number of alkyl halides is 6. The minimum atomic E-state index is -5.01. The predicted molar refractivity (Wildman–Crippen MR) is 136 cm³/mol. The fourth-order valence-corrected chi connectivity index (χ4v) is 5.64. The molecule has 1 fully saturated rings. The van der Waals surface area contributed by atoms with Gasteiger partial charge < -0.3 is 9.64 Å². The normalized spacial score (nSPS) is 21.6. The topological polar surface area (TPSA) is 42.7 Å². The van der Waals surface area contributed by atoms with Crippen LogP contribution < -0.4 is 9.57 Å². The first-order chi connectivity index (χ1) is 19.7. The third-order valence-electron chi connectivity index (χ3n) is 7.70. The first-order valence-corrected chi connectivity index (χ1v) is 13.0. The van der Waals surface area contributed by atoms with Crippen LogP contribution in [0, 0.1) is 5.82 Å². The molecule has 0 saturated carbocycles. The lowest BCUT2D eigenvalue weighted by molar-refractivity contribution is -0.885. The largest absolute Gasteiger partial charge is 0.416 e. The van der Waals surface area contributed by atoms with E-state index in [0.29, 0.717) is 24.1 Å². The second-order valence-electron chi connectivity index (χ2n) is 10.3. The molecule has 0 radical (unpaired) electrons. The Hall–Kier alpha value is -3.93. The highest BCUT2D eigenvalue weighted by molar-refractivity contribution is 5.97.